The molecule has 0 saturated heterocycles. The van der Waals surface area contributed by atoms with E-state index in [4.69, 9.17) is 4.74 Å². The van der Waals surface area contributed by atoms with Crippen molar-refractivity contribution in [3.05, 3.63) is 64.2 Å². The normalized spacial score (nSPS) is 20.8. The van der Waals surface area contributed by atoms with Crippen molar-refractivity contribution in [1.29, 1.82) is 0 Å². The molecule has 0 aromatic heterocycles. The lowest BCUT2D eigenvalue weighted by Crippen LogP contribution is -2.11. The van der Waals surface area contributed by atoms with Crippen molar-refractivity contribution in [3.63, 3.8) is 0 Å². The van der Waals surface area contributed by atoms with Crippen LogP contribution in [0.5, 0.6) is 5.75 Å². The Morgan fingerprint density at radius 1 is 0.950 bits per heavy atom. The molecule has 2 aromatic rings. The number of hydrogen-bond acceptors (Lipinski definition) is 1. The molecule has 0 radical (unpaired) electrons. The van der Waals surface area contributed by atoms with Gasteiger partial charge in [0.1, 0.15) is 11.9 Å². The van der Waals surface area contributed by atoms with Gasteiger partial charge in [0, 0.05) is 5.92 Å². The molecular formula is C19H22O. The molecule has 1 nitrogen and oxygen atoms in total. The maximum atomic E-state index is 6.28. The molecule has 0 aliphatic heterocycles. The summed E-state index contributed by atoms with van der Waals surface area (Å²) in [5.41, 5.74) is 6.87. The highest BCUT2D eigenvalue weighted by atomic mass is 16.5. The number of hydrogen-bond donors (Lipinski definition) is 0. The topological polar surface area (TPSA) is 9.23 Å². The highest BCUT2D eigenvalue weighted by molar-refractivity contribution is 5.44. The second-order valence-electron chi connectivity index (χ2n) is 6.18. The van der Waals surface area contributed by atoms with E-state index in [0.29, 0.717) is 5.92 Å². The second kappa shape index (κ2) is 4.97. The minimum absolute atomic E-state index is 0.186. The van der Waals surface area contributed by atoms with Crippen molar-refractivity contribution in [2.24, 2.45) is 5.92 Å². The van der Waals surface area contributed by atoms with Gasteiger partial charge < -0.3 is 4.74 Å². The first-order valence-corrected chi connectivity index (χ1v) is 7.38. The molecule has 0 spiro atoms. The Morgan fingerprint density at radius 2 is 1.65 bits per heavy atom. The number of fused-ring (bicyclic) bond motifs is 1. The molecule has 1 heteroatoms. The summed E-state index contributed by atoms with van der Waals surface area (Å²) in [6.45, 7) is 8.77. The number of ether oxygens (including phenoxy) is 1. The van der Waals surface area contributed by atoms with Gasteiger partial charge in [0.2, 0.25) is 0 Å². The molecule has 0 amide bonds. The van der Waals surface area contributed by atoms with Crippen molar-refractivity contribution in [3.8, 4) is 5.75 Å². The number of aryl methyl sites for hydroxylation is 3. The predicted molar refractivity (Wildman–Crippen MR) is 83.3 cm³/mol. The van der Waals surface area contributed by atoms with Gasteiger partial charge in [-0.3, -0.25) is 0 Å². The van der Waals surface area contributed by atoms with E-state index in [1.807, 2.05) is 0 Å². The van der Waals surface area contributed by atoms with Crippen LogP contribution in [0.4, 0.5) is 0 Å². The Morgan fingerprint density at radius 3 is 2.35 bits per heavy atom. The highest BCUT2D eigenvalue weighted by Crippen LogP contribution is 2.41. The van der Waals surface area contributed by atoms with Gasteiger partial charge in [-0.15, -0.1) is 0 Å². The molecule has 0 N–H and O–H groups in total. The highest BCUT2D eigenvalue weighted by Gasteiger charge is 2.32. The maximum Gasteiger partial charge on any atom is 0.127 e. The molecular weight excluding hydrogens is 244 g/mol. The monoisotopic (exact) mass is 266 g/mol. The quantitative estimate of drug-likeness (QED) is 0.749. The zero-order chi connectivity index (χ0) is 14.3. The van der Waals surface area contributed by atoms with E-state index in [2.05, 4.69) is 64.1 Å². The van der Waals surface area contributed by atoms with Gasteiger partial charge in [-0.05, 0) is 56.0 Å². The largest absolute Gasteiger partial charge is 0.485 e. The van der Waals surface area contributed by atoms with Gasteiger partial charge in [-0.1, -0.05) is 42.3 Å². The van der Waals surface area contributed by atoms with Gasteiger partial charge >= 0.3 is 0 Å². The minimum Gasteiger partial charge on any atom is -0.485 e. The Balaban J connectivity index is 1.94. The third-order valence-corrected chi connectivity index (χ3v) is 4.29. The van der Waals surface area contributed by atoms with Crippen molar-refractivity contribution in [2.45, 2.75) is 40.2 Å². The summed E-state index contributed by atoms with van der Waals surface area (Å²) in [7, 11) is 0. The van der Waals surface area contributed by atoms with Crippen LogP contribution in [0, 0.1) is 26.7 Å². The Labute approximate surface area is 121 Å². The average Bonchev–Trinajstić information content (AvgIpc) is 2.70. The predicted octanol–water partition coefficient (Wildman–Crippen LogP) is 4.92. The van der Waals surface area contributed by atoms with Crippen LogP contribution >= 0.6 is 0 Å². The van der Waals surface area contributed by atoms with E-state index < -0.39 is 0 Å². The van der Waals surface area contributed by atoms with Crippen LogP contribution in [0.15, 0.2) is 36.4 Å². The summed E-state index contributed by atoms with van der Waals surface area (Å²) in [6.07, 6.45) is 1.31. The fraction of sp³-hybridized carbons (Fsp3) is 0.368. The van der Waals surface area contributed by atoms with Gasteiger partial charge in [-0.2, -0.15) is 0 Å². The average molecular weight is 266 g/mol. The number of rotatable bonds is 2. The summed E-state index contributed by atoms with van der Waals surface area (Å²) in [6, 6.07) is 12.9. The van der Waals surface area contributed by atoms with Gasteiger partial charge in [0.15, 0.2) is 0 Å². The first-order valence-electron chi connectivity index (χ1n) is 7.38. The third kappa shape index (κ3) is 2.33. The second-order valence-corrected chi connectivity index (χ2v) is 6.18. The molecule has 3 rings (SSSR count). The zero-order valence-electron chi connectivity index (χ0n) is 12.7. The van der Waals surface area contributed by atoms with Crippen molar-refractivity contribution >= 4 is 0 Å². The molecule has 2 aromatic carbocycles. The van der Waals surface area contributed by atoms with Crippen molar-refractivity contribution in [2.75, 3.05) is 0 Å². The summed E-state index contributed by atoms with van der Waals surface area (Å²) < 4.78 is 6.28. The van der Waals surface area contributed by atoms with Crippen LogP contribution in [-0.4, -0.2) is 0 Å². The Bertz CT molecular complexity index is 625. The molecule has 1 aliphatic carbocycles. The molecule has 0 fully saturated rings. The van der Waals surface area contributed by atoms with E-state index >= 15 is 0 Å². The molecule has 1 unspecified atom stereocenters. The summed E-state index contributed by atoms with van der Waals surface area (Å²) >= 11 is 0. The molecule has 2 atom stereocenters. The minimum atomic E-state index is 0.186. The lowest BCUT2D eigenvalue weighted by atomic mass is 10.0. The molecule has 20 heavy (non-hydrogen) atoms. The van der Waals surface area contributed by atoms with E-state index in [1.54, 1.807) is 0 Å². The van der Waals surface area contributed by atoms with Crippen LogP contribution < -0.4 is 4.74 Å². The molecule has 0 bridgehead atoms. The smallest absolute Gasteiger partial charge is 0.127 e. The van der Waals surface area contributed by atoms with Gasteiger partial charge in [-0.25, -0.2) is 0 Å². The maximum absolute atomic E-state index is 6.28. The Kier molecular flexibility index (Phi) is 3.29. The van der Waals surface area contributed by atoms with Crippen LogP contribution in [0.3, 0.4) is 0 Å². The Hall–Kier alpha value is -1.76. The summed E-state index contributed by atoms with van der Waals surface area (Å²) in [5, 5.41) is 0. The standard InChI is InChI=1S/C19H22O/c1-12-5-7-16(8-6-12)20-19-15(4)11-17-14(3)9-13(2)10-18(17)19/h5-10,15,19H,11H2,1-4H3/t15?,19-/m1/s1. The van der Waals surface area contributed by atoms with E-state index in [-0.39, 0.29) is 6.10 Å². The lowest BCUT2D eigenvalue weighted by Gasteiger charge is -2.20. The van der Waals surface area contributed by atoms with E-state index in [0.717, 1.165) is 12.2 Å². The molecule has 104 valence electrons. The van der Waals surface area contributed by atoms with Gasteiger partial charge in [0.05, 0.1) is 0 Å². The first-order chi connectivity index (χ1) is 9.54. The fourth-order valence-corrected chi connectivity index (χ4v) is 3.24. The fourth-order valence-electron chi connectivity index (χ4n) is 3.24. The molecule has 0 heterocycles. The van der Waals surface area contributed by atoms with Crippen LogP contribution in [0.1, 0.15) is 40.8 Å². The first kappa shape index (κ1) is 13.2. The van der Waals surface area contributed by atoms with Crippen molar-refractivity contribution in [1.82, 2.24) is 0 Å². The van der Waals surface area contributed by atoms with E-state index in [9.17, 15) is 0 Å². The summed E-state index contributed by atoms with van der Waals surface area (Å²) in [4.78, 5) is 0. The van der Waals surface area contributed by atoms with Crippen molar-refractivity contribution < 1.29 is 4.74 Å². The molecule has 1 aliphatic rings. The van der Waals surface area contributed by atoms with Crippen LogP contribution in [0.25, 0.3) is 0 Å². The third-order valence-electron chi connectivity index (χ3n) is 4.29. The SMILES string of the molecule is Cc1ccc(O[C@H]2c3cc(C)cc(C)c3CC2C)cc1. The number of benzene rings is 2. The lowest BCUT2D eigenvalue weighted by molar-refractivity contribution is 0.159. The van der Waals surface area contributed by atoms with Crippen LogP contribution in [-0.2, 0) is 6.42 Å². The van der Waals surface area contributed by atoms with Crippen LogP contribution in [0.2, 0.25) is 0 Å². The molecule has 0 saturated carbocycles. The zero-order valence-corrected chi connectivity index (χ0v) is 12.7. The summed E-state index contributed by atoms with van der Waals surface area (Å²) in [5.74, 6) is 1.51. The van der Waals surface area contributed by atoms with E-state index in [1.165, 1.54) is 27.8 Å². The van der Waals surface area contributed by atoms with Gasteiger partial charge in [0.25, 0.3) is 0 Å².